The lowest BCUT2D eigenvalue weighted by Gasteiger charge is -2.31. The molecular weight excluding hydrogens is 348 g/mol. The maximum absolute atomic E-state index is 12.5. The monoisotopic (exact) mass is 372 g/mol. The number of para-hydroxylation sites is 2. The van der Waals surface area contributed by atoms with E-state index in [0.29, 0.717) is 23.7 Å². The number of methoxy groups -OCH3 is 1. The van der Waals surface area contributed by atoms with Gasteiger partial charge in [0.15, 0.2) is 6.29 Å². The lowest BCUT2D eigenvalue weighted by Crippen LogP contribution is -2.53. The summed E-state index contributed by atoms with van der Waals surface area (Å²) in [7, 11) is 1.54. The Bertz CT molecular complexity index is 834. The van der Waals surface area contributed by atoms with E-state index >= 15 is 0 Å². The second kappa shape index (κ2) is 8.09. The van der Waals surface area contributed by atoms with Crippen molar-refractivity contribution in [1.82, 2.24) is 20.4 Å². The molecule has 0 aliphatic carbocycles. The Morgan fingerprint density at radius 2 is 2.15 bits per heavy atom. The van der Waals surface area contributed by atoms with E-state index in [2.05, 4.69) is 26.4 Å². The van der Waals surface area contributed by atoms with E-state index in [0.717, 1.165) is 12.1 Å². The van der Waals surface area contributed by atoms with E-state index in [1.807, 2.05) is 19.9 Å². The number of nitrogens with zero attached hydrogens (tertiary/aromatic N) is 2. The van der Waals surface area contributed by atoms with Gasteiger partial charge < -0.3 is 15.4 Å². The van der Waals surface area contributed by atoms with Crippen molar-refractivity contribution in [2.75, 3.05) is 17.7 Å². The predicted molar refractivity (Wildman–Crippen MR) is 102 cm³/mol. The number of hydrogen-bond acceptors (Lipinski definition) is 5. The number of anilines is 2. The fraction of sp³-hybridized carbons (Fsp3) is 0.389. The van der Waals surface area contributed by atoms with Crippen LogP contribution < -0.4 is 26.0 Å². The van der Waals surface area contributed by atoms with Crippen LogP contribution in [-0.2, 0) is 4.79 Å². The first-order valence-corrected chi connectivity index (χ1v) is 8.82. The first kappa shape index (κ1) is 18.7. The molecule has 0 bridgehead atoms. The van der Waals surface area contributed by atoms with Crippen LogP contribution in [0.4, 0.5) is 16.3 Å². The van der Waals surface area contributed by atoms with Crippen LogP contribution in [0.1, 0.15) is 31.7 Å². The number of nitrogens with one attached hydrogen (secondary N) is 4. The van der Waals surface area contributed by atoms with Gasteiger partial charge >= 0.3 is 6.03 Å². The average molecular weight is 372 g/mol. The summed E-state index contributed by atoms with van der Waals surface area (Å²) in [5.41, 5.74) is 1.27. The first-order valence-electron chi connectivity index (χ1n) is 8.82. The van der Waals surface area contributed by atoms with Gasteiger partial charge in [0.2, 0.25) is 5.91 Å². The molecule has 1 fully saturated rings. The number of ether oxygens (including phenoxy) is 1. The van der Waals surface area contributed by atoms with Gasteiger partial charge in [0.05, 0.1) is 18.5 Å². The van der Waals surface area contributed by atoms with E-state index in [9.17, 15) is 9.59 Å². The Hall–Kier alpha value is -3.07. The SMILES string of the molecule is CCC1CC(=O)NC(n2nc(C)cc2NC(=O)Nc2ccccc2OC)N1. The molecule has 3 amide bonds. The van der Waals surface area contributed by atoms with Crippen LogP contribution >= 0.6 is 0 Å². The highest BCUT2D eigenvalue weighted by Crippen LogP contribution is 2.24. The molecule has 0 saturated carbocycles. The minimum atomic E-state index is -0.522. The molecule has 2 heterocycles. The van der Waals surface area contributed by atoms with E-state index < -0.39 is 12.3 Å². The highest BCUT2D eigenvalue weighted by Gasteiger charge is 2.28. The third-order valence-corrected chi connectivity index (χ3v) is 4.32. The Kier molecular flexibility index (Phi) is 5.60. The van der Waals surface area contributed by atoms with Gasteiger partial charge in [-0.15, -0.1) is 0 Å². The number of hydrogen-bond donors (Lipinski definition) is 4. The topological polar surface area (TPSA) is 109 Å². The van der Waals surface area contributed by atoms with E-state index in [4.69, 9.17) is 4.74 Å². The predicted octanol–water partition coefficient (Wildman–Crippen LogP) is 2.19. The third-order valence-electron chi connectivity index (χ3n) is 4.32. The van der Waals surface area contributed by atoms with Gasteiger partial charge in [0.25, 0.3) is 0 Å². The Morgan fingerprint density at radius 3 is 2.89 bits per heavy atom. The number of urea groups is 1. The summed E-state index contributed by atoms with van der Waals surface area (Å²) in [5.74, 6) is 0.974. The smallest absolute Gasteiger partial charge is 0.324 e. The Labute approximate surface area is 157 Å². The highest BCUT2D eigenvalue weighted by atomic mass is 16.5. The van der Waals surface area contributed by atoms with Crippen molar-refractivity contribution in [3.8, 4) is 5.75 Å². The van der Waals surface area contributed by atoms with Gasteiger partial charge in [0, 0.05) is 18.5 Å². The van der Waals surface area contributed by atoms with Crippen molar-refractivity contribution in [2.45, 2.75) is 39.0 Å². The molecule has 1 aliphatic heterocycles. The zero-order valence-electron chi connectivity index (χ0n) is 15.6. The van der Waals surface area contributed by atoms with Crippen LogP contribution in [-0.4, -0.2) is 34.9 Å². The molecule has 2 aromatic rings. The van der Waals surface area contributed by atoms with Crippen LogP contribution in [0.15, 0.2) is 30.3 Å². The minimum Gasteiger partial charge on any atom is -0.495 e. The van der Waals surface area contributed by atoms with Crippen LogP contribution in [0.5, 0.6) is 5.75 Å². The lowest BCUT2D eigenvalue weighted by molar-refractivity contribution is -0.125. The summed E-state index contributed by atoms with van der Waals surface area (Å²) in [6.45, 7) is 3.84. The standard InChI is InChI=1S/C18H24N6O3/c1-4-12-10-16(25)22-17(19-12)24-15(9-11(2)23-24)21-18(26)20-13-7-5-6-8-14(13)27-3/h5-9,12,17,19H,4,10H2,1-3H3,(H,22,25)(H2,20,21,26). The first-order chi connectivity index (χ1) is 13.0. The van der Waals surface area contributed by atoms with Gasteiger partial charge in [0.1, 0.15) is 11.6 Å². The molecule has 1 aliphatic rings. The van der Waals surface area contributed by atoms with Crippen molar-refractivity contribution in [3.63, 3.8) is 0 Å². The van der Waals surface area contributed by atoms with Crippen molar-refractivity contribution in [1.29, 1.82) is 0 Å². The van der Waals surface area contributed by atoms with Crippen LogP contribution in [0, 0.1) is 6.92 Å². The number of benzene rings is 1. The summed E-state index contributed by atoms with van der Waals surface area (Å²) >= 11 is 0. The molecule has 2 unspecified atom stereocenters. The zero-order chi connectivity index (χ0) is 19.4. The van der Waals surface area contributed by atoms with Crippen molar-refractivity contribution < 1.29 is 14.3 Å². The molecule has 144 valence electrons. The fourth-order valence-corrected chi connectivity index (χ4v) is 2.98. The van der Waals surface area contributed by atoms with Gasteiger partial charge in [-0.1, -0.05) is 19.1 Å². The molecule has 1 aromatic heterocycles. The summed E-state index contributed by atoms with van der Waals surface area (Å²) < 4.78 is 6.80. The molecule has 27 heavy (non-hydrogen) atoms. The highest BCUT2D eigenvalue weighted by molar-refractivity contribution is 6.00. The molecule has 9 heteroatoms. The largest absolute Gasteiger partial charge is 0.495 e. The van der Waals surface area contributed by atoms with Crippen molar-refractivity contribution in [2.24, 2.45) is 0 Å². The summed E-state index contributed by atoms with van der Waals surface area (Å²) in [5, 5.41) is 16.1. The summed E-state index contributed by atoms with van der Waals surface area (Å²) in [6, 6.07) is 8.50. The number of aryl methyl sites for hydroxylation is 1. The summed E-state index contributed by atoms with van der Waals surface area (Å²) in [6.07, 6.45) is 0.720. The van der Waals surface area contributed by atoms with Crippen molar-refractivity contribution in [3.05, 3.63) is 36.0 Å². The van der Waals surface area contributed by atoms with Crippen molar-refractivity contribution >= 4 is 23.4 Å². The lowest BCUT2D eigenvalue weighted by atomic mass is 10.1. The number of rotatable bonds is 5. The van der Waals surface area contributed by atoms with Crippen LogP contribution in [0.3, 0.4) is 0 Å². The minimum absolute atomic E-state index is 0.0526. The van der Waals surface area contributed by atoms with E-state index in [1.54, 1.807) is 36.1 Å². The molecule has 0 radical (unpaired) electrons. The zero-order valence-corrected chi connectivity index (χ0v) is 15.6. The Balaban J connectivity index is 1.76. The summed E-state index contributed by atoms with van der Waals surface area (Å²) in [4.78, 5) is 24.4. The second-order valence-electron chi connectivity index (χ2n) is 6.34. The average Bonchev–Trinajstić information content (AvgIpc) is 3.01. The molecule has 9 nitrogen and oxygen atoms in total. The van der Waals surface area contributed by atoms with Gasteiger partial charge in [-0.05, 0) is 25.5 Å². The molecule has 1 aromatic carbocycles. The molecular formula is C18H24N6O3. The number of aromatic nitrogens is 2. The maximum atomic E-state index is 12.5. The van der Waals surface area contributed by atoms with E-state index in [1.165, 1.54) is 0 Å². The third kappa shape index (κ3) is 4.37. The molecule has 1 saturated heterocycles. The molecule has 2 atom stereocenters. The van der Waals surface area contributed by atoms with E-state index in [-0.39, 0.29) is 11.9 Å². The fourth-order valence-electron chi connectivity index (χ4n) is 2.98. The number of amides is 3. The molecule has 4 N–H and O–H groups in total. The van der Waals surface area contributed by atoms with Gasteiger partial charge in [-0.3, -0.25) is 15.4 Å². The molecule has 3 rings (SSSR count). The quantitative estimate of drug-likeness (QED) is 0.643. The second-order valence-corrected chi connectivity index (χ2v) is 6.34. The van der Waals surface area contributed by atoms with Crippen LogP contribution in [0.25, 0.3) is 0 Å². The van der Waals surface area contributed by atoms with Gasteiger partial charge in [-0.25, -0.2) is 9.48 Å². The number of carbonyl (C=O) groups excluding carboxylic acids is 2. The van der Waals surface area contributed by atoms with Gasteiger partial charge in [-0.2, -0.15) is 5.10 Å². The maximum Gasteiger partial charge on any atom is 0.324 e. The normalized spacial score (nSPS) is 19.3. The van der Waals surface area contributed by atoms with Crippen LogP contribution in [0.2, 0.25) is 0 Å². The molecule has 0 spiro atoms. The number of carbonyl (C=O) groups is 2. The Morgan fingerprint density at radius 1 is 1.37 bits per heavy atom.